The number of amides is 1. The maximum atomic E-state index is 12.4. The van der Waals surface area contributed by atoms with Gasteiger partial charge in [-0.1, -0.05) is 23.2 Å². The van der Waals surface area contributed by atoms with Gasteiger partial charge < -0.3 is 19.9 Å². The lowest BCUT2D eigenvalue weighted by Gasteiger charge is -2.16. The van der Waals surface area contributed by atoms with Crippen molar-refractivity contribution in [2.45, 2.75) is 26.9 Å². The molecular weight excluding hydrogens is 358 g/mol. The molecule has 26 heavy (non-hydrogen) atoms. The van der Waals surface area contributed by atoms with E-state index in [2.05, 4.69) is 5.32 Å². The van der Waals surface area contributed by atoms with Gasteiger partial charge in [0, 0.05) is 11.1 Å². The maximum absolute atomic E-state index is 12.4. The molecule has 2 rings (SSSR count). The molecule has 6 nitrogen and oxygen atoms in total. The number of hydrogen-bond donors (Lipinski definition) is 2. The third kappa shape index (κ3) is 4.46. The molecule has 1 atom stereocenters. The third-order valence-corrected chi connectivity index (χ3v) is 4.17. The Labute approximate surface area is 156 Å². The molecule has 1 unspecified atom stereocenters. The van der Waals surface area contributed by atoms with Crippen LogP contribution in [-0.2, 0) is 9.53 Å². The summed E-state index contributed by atoms with van der Waals surface area (Å²) in [5, 5.41) is 12.9. The molecular formula is C19H20ClNO5. The maximum Gasteiger partial charge on any atom is 0.342 e. The van der Waals surface area contributed by atoms with Crippen LogP contribution in [0.25, 0.3) is 0 Å². The largest absolute Gasteiger partial charge is 0.507 e. The molecule has 0 heterocycles. The number of aromatic hydroxyl groups is 1. The molecule has 0 saturated heterocycles. The fourth-order valence-corrected chi connectivity index (χ4v) is 2.41. The molecule has 2 N–H and O–H groups in total. The van der Waals surface area contributed by atoms with Crippen LogP contribution in [-0.4, -0.2) is 30.2 Å². The minimum Gasteiger partial charge on any atom is -0.507 e. The van der Waals surface area contributed by atoms with Crippen molar-refractivity contribution in [2.24, 2.45) is 0 Å². The average molecular weight is 378 g/mol. The molecule has 0 saturated carbocycles. The summed E-state index contributed by atoms with van der Waals surface area (Å²) in [5.74, 6) is -1.13. The van der Waals surface area contributed by atoms with Gasteiger partial charge in [-0.15, -0.1) is 0 Å². The predicted octanol–water partition coefficient (Wildman–Crippen LogP) is 3.86. The fraction of sp³-hybridized carbons (Fsp3) is 0.263. The highest BCUT2D eigenvalue weighted by Crippen LogP contribution is 2.31. The van der Waals surface area contributed by atoms with Crippen molar-refractivity contribution in [1.82, 2.24) is 0 Å². The van der Waals surface area contributed by atoms with Crippen molar-refractivity contribution in [3.05, 3.63) is 52.0 Å². The molecule has 138 valence electrons. The van der Waals surface area contributed by atoms with Crippen LogP contribution in [0.1, 0.15) is 28.4 Å². The fourth-order valence-electron chi connectivity index (χ4n) is 2.26. The zero-order chi connectivity index (χ0) is 19.4. The summed E-state index contributed by atoms with van der Waals surface area (Å²) in [6.07, 6.45) is -1.08. The Kier molecular flexibility index (Phi) is 6.10. The minimum absolute atomic E-state index is 0.00423. The number of esters is 1. The van der Waals surface area contributed by atoms with Crippen LogP contribution in [0, 0.1) is 13.8 Å². The predicted molar refractivity (Wildman–Crippen MR) is 99.1 cm³/mol. The molecule has 0 aromatic heterocycles. The molecule has 0 radical (unpaired) electrons. The first-order valence-electron chi connectivity index (χ1n) is 7.88. The zero-order valence-corrected chi connectivity index (χ0v) is 15.7. The highest BCUT2D eigenvalue weighted by molar-refractivity contribution is 6.31. The molecule has 0 spiro atoms. The summed E-state index contributed by atoms with van der Waals surface area (Å²) in [7, 11) is 1.46. The highest BCUT2D eigenvalue weighted by Gasteiger charge is 2.22. The standard InChI is InChI=1S/C19H20ClNO5/c1-10-5-6-16(22)13(7-10)19(24)26-12(3)18(23)21-15-8-11(2)14(20)9-17(15)25-4/h5-9,12,22H,1-4H3,(H,21,23). The number of halogens is 1. The summed E-state index contributed by atoms with van der Waals surface area (Å²) in [4.78, 5) is 24.6. The van der Waals surface area contributed by atoms with Gasteiger partial charge in [0.2, 0.25) is 0 Å². The molecule has 1 amide bonds. The number of phenolic OH excluding ortho intramolecular Hbond substituents is 1. The molecule has 0 aliphatic rings. The van der Waals surface area contributed by atoms with Crippen LogP contribution in [0.3, 0.4) is 0 Å². The number of benzene rings is 2. The number of nitrogens with one attached hydrogen (secondary N) is 1. The van der Waals surface area contributed by atoms with Gasteiger partial charge in [0.1, 0.15) is 17.1 Å². The number of aryl methyl sites for hydroxylation is 2. The van der Waals surface area contributed by atoms with Crippen molar-refractivity contribution in [3.8, 4) is 11.5 Å². The van der Waals surface area contributed by atoms with E-state index in [1.807, 2.05) is 0 Å². The van der Waals surface area contributed by atoms with Crippen LogP contribution in [0.4, 0.5) is 5.69 Å². The summed E-state index contributed by atoms with van der Waals surface area (Å²) in [6, 6.07) is 7.82. The second-order valence-corrected chi connectivity index (χ2v) is 6.27. The summed E-state index contributed by atoms with van der Waals surface area (Å²) in [6.45, 7) is 5.01. The van der Waals surface area contributed by atoms with Crippen LogP contribution in [0.2, 0.25) is 5.02 Å². The second-order valence-electron chi connectivity index (χ2n) is 5.86. The number of anilines is 1. The van der Waals surface area contributed by atoms with Gasteiger partial charge in [0.15, 0.2) is 6.10 Å². The lowest BCUT2D eigenvalue weighted by molar-refractivity contribution is -0.123. The smallest absolute Gasteiger partial charge is 0.342 e. The first kappa shape index (κ1) is 19.6. The van der Waals surface area contributed by atoms with Crippen molar-refractivity contribution in [1.29, 1.82) is 0 Å². The van der Waals surface area contributed by atoms with Gasteiger partial charge in [0.25, 0.3) is 5.91 Å². The Hall–Kier alpha value is -2.73. The van der Waals surface area contributed by atoms with Crippen LogP contribution in [0.15, 0.2) is 30.3 Å². The number of carbonyl (C=O) groups excluding carboxylic acids is 2. The Morgan fingerprint density at radius 3 is 2.54 bits per heavy atom. The number of hydrogen-bond acceptors (Lipinski definition) is 5. The van der Waals surface area contributed by atoms with E-state index in [1.165, 1.54) is 26.2 Å². The van der Waals surface area contributed by atoms with Crippen LogP contribution >= 0.6 is 11.6 Å². The topological polar surface area (TPSA) is 84.9 Å². The molecule has 0 bridgehead atoms. The Balaban J connectivity index is 2.12. The van der Waals surface area contributed by atoms with Crippen molar-refractivity contribution < 1.29 is 24.2 Å². The summed E-state index contributed by atoms with van der Waals surface area (Å²) in [5.41, 5.74) is 1.97. The quantitative estimate of drug-likeness (QED) is 0.773. The van der Waals surface area contributed by atoms with Gasteiger partial charge in [-0.25, -0.2) is 4.79 Å². The SMILES string of the molecule is COc1cc(Cl)c(C)cc1NC(=O)C(C)OC(=O)c1cc(C)ccc1O. The zero-order valence-electron chi connectivity index (χ0n) is 14.9. The van der Waals surface area contributed by atoms with Gasteiger partial charge in [-0.2, -0.15) is 0 Å². The lowest BCUT2D eigenvalue weighted by atomic mass is 10.1. The highest BCUT2D eigenvalue weighted by atomic mass is 35.5. The Bertz CT molecular complexity index is 850. The first-order chi connectivity index (χ1) is 12.2. The minimum atomic E-state index is -1.08. The number of methoxy groups -OCH3 is 1. The van der Waals surface area contributed by atoms with E-state index in [0.717, 1.165) is 11.1 Å². The molecule has 2 aromatic rings. The lowest BCUT2D eigenvalue weighted by Crippen LogP contribution is -2.30. The van der Waals surface area contributed by atoms with Gasteiger partial charge in [-0.05, 0) is 44.5 Å². The van der Waals surface area contributed by atoms with Gasteiger partial charge in [0.05, 0.1) is 12.8 Å². The molecule has 0 aliphatic carbocycles. The van der Waals surface area contributed by atoms with Crippen LogP contribution in [0.5, 0.6) is 11.5 Å². The van der Waals surface area contributed by atoms with E-state index in [4.69, 9.17) is 21.1 Å². The Morgan fingerprint density at radius 2 is 1.88 bits per heavy atom. The normalized spacial score (nSPS) is 11.6. The van der Waals surface area contributed by atoms with Crippen molar-refractivity contribution in [3.63, 3.8) is 0 Å². The monoisotopic (exact) mass is 377 g/mol. The summed E-state index contributed by atoms with van der Waals surface area (Å²) < 4.78 is 10.4. The van der Waals surface area contributed by atoms with Gasteiger partial charge in [-0.3, -0.25) is 4.79 Å². The van der Waals surface area contributed by atoms with E-state index in [-0.39, 0.29) is 11.3 Å². The molecule has 7 heteroatoms. The Morgan fingerprint density at radius 1 is 1.19 bits per heavy atom. The van der Waals surface area contributed by atoms with E-state index in [0.29, 0.717) is 16.5 Å². The third-order valence-electron chi connectivity index (χ3n) is 3.76. The second kappa shape index (κ2) is 8.10. The van der Waals surface area contributed by atoms with Gasteiger partial charge >= 0.3 is 5.97 Å². The van der Waals surface area contributed by atoms with E-state index < -0.39 is 18.0 Å². The van der Waals surface area contributed by atoms with E-state index in [1.54, 1.807) is 32.0 Å². The van der Waals surface area contributed by atoms with Crippen molar-refractivity contribution in [2.75, 3.05) is 12.4 Å². The van der Waals surface area contributed by atoms with E-state index in [9.17, 15) is 14.7 Å². The van der Waals surface area contributed by atoms with E-state index >= 15 is 0 Å². The van der Waals surface area contributed by atoms with Crippen LogP contribution < -0.4 is 10.1 Å². The summed E-state index contributed by atoms with van der Waals surface area (Å²) >= 11 is 6.04. The number of ether oxygens (including phenoxy) is 2. The number of rotatable bonds is 5. The average Bonchev–Trinajstić information content (AvgIpc) is 2.59. The van der Waals surface area contributed by atoms with Crippen molar-refractivity contribution >= 4 is 29.2 Å². The number of phenols is 1. The molecule has 0 fully saturated rings. The molecule has 2 aromatic carbocycles. The number of carbonyl (C=O) groups is 2. The first-order valence-corrected chi connectivity index (χ1v) is 8.26. The molecule has 0 aliphatic heterocycles.